The largest absolute Gasteiger partial charge is 0.491 e. The number of amides is 1. The minimum Gasteiger partial charge on any atom is -0.491 e. The monoisotopic (exact) mass is 447 g/mol. The minimum absolute atomic E-state index is 0.00114. The Labute approximate surface area is 180 Å². The van der Waals surface area contributed by atoms with Crippen LogP contribution in [-0.4, -0.2) is 39.0 Å². The highest BCUT2D eigenvalue weighted by molar-refractivity contribution is 7.89. The number of hydrogen-bond donors (Lipinski definition) is 2. The number of halogens is 1. The second-order valence-electron chi connectivity index (χ2n) is 6.49. The maximum atomic E-state index is 12.2. The summed E-state index contributed by atoms with van der Waals surface area (Å²) in [5, 5.41) is 4.08. The molecule has 30 heavy (non-hydrogen) atoms. The molecular formula is C21H22ClN3O4S. The van der Waals surface area contributed by atoms with Gasteiger partial charge in [0.2, 0.25) is 15.9 Å². The maximum absolute atomic E-state index is 12.2. The zero-order valence-electron chi connectivity index (χ0n) is 16.2. The van der Waals surface area contributed by atoms with E-state index in [2.05, 4.69) is 15.0 Å². The standard InChI is InChI=1S/C21H22ClN3O4S/c22-17-7-2-8-18(15-17)30(27,28)25-13-10-20(26)23-12-4-14-29-19-9-1-5-16-6-3-11-24-21(16)19/h1-3,5-9,11,15,25H,4,10,12-14H2,(H,23,26). The summed E-state index contributed by atoms with van der Waals surface area (Å²) in [5.41, 5.74) is 0.802. The molecule has 158 valence electrons. The van der Waals surface area contributed by atoms with Crippen molar-refractivity contribution in [2.75, 3.05) is 19.7 Å². The number of hydrogen-bond acceptors (Lipinski definition) is 5. The lowest BCUT2D eigenvalue weighted by Gasteiger charge is -2.10. The highest BCUT2D eigenvalue weighted by Crippen LogP contribution is 2.22. The van der Waals surface area contributed by atoms with E-state index in [1.165, 1.54) is 12.1 Å². The Bertz CT molecular complexity index is 1120. The second-order valence-corrected chi connectivity index (χ2v) is 8.69. The lowest BCUT2D eigenvalue weighted by molar-refractivity contribution is -0.120. The van der Waals surface area contributed by atoms with Crippen LogP contribution in [-0.2, 0) is 14.8 Å². The van der Waals surface area contributed by atoms with Gasteiger partial charge in [-0.05, 0) is 36.8 Å². The Kier molecular flexibility index (Phi) is 7.62. The molecule has 0 saturated carbocycles. The minimum atomic E-state index is -3.70. The fraction of sp³-hybridized carbons (Fsp3) is 0.238. The van der Waals surface area contributed by atoms with Gasteiger partial charge in [-0.3, -0.25) is 9.78 Å². The fourth-order valence-corrected chi connectivity index (χ4v) is 4.11. The lowest BCUT2D eigenvalue weighted by Crippen LogP contribution is -2.31. The Morgan fingerprint density at radius 1 is 1.07 bits per heavy atom. The molecule has 0 aliphatic rings. The van der Waals surface area contributed by atoms with E-state index in [0.717, 1.165) is 10.9 Å². The number of benzene rings is 2. The van der Waals surface area contributed by atoms with Gasteiger partial charge in [0.15, 0.2) is 0 Å². The first-order chi connectivity index (χ1) is 14.5. The van der Waals surface area contributed by atoms with E-state index in [1.807, 2.05) is 30.3 Å². The molecule has 9 heteroatoms. The first-order valence-corrected chi connectivity index (χ1v) is 11.3. The molecule has 0 radical (unpaired) electrons. The van der Waals surface area contributed by atoms with Gasteiger partial charge in [0.05, 0.1) is 11.5 Å². The molecular weight excluding hydrogens is 426 g/mol. The van der Waals surface area contributed by atoms with Crippen molar-refractivity contribution >= 4 is 38.4 Å². The van der Waals surface area contributed by atoms with Crippen LogP contribution in [0.3, 0.4) is 0 Å². The molecule has 0 bridgehead atoms. The number of ether oxygens (including phenoxy) is 1. The third kappa shape index (κ3) is 6.16. The number of carbonyl (C=O) groups is 1. The van der Waals surface area contributed by atoms with Crippen molar-refractivity contribution in [3.05, 3.63) is 65.8 Å². The molecule has 1 amide bonds. The number of para-hydroxylation sites is 1. The van der Waals surface area contributed by atoms with Crippen LogP contribution in [0.15, 0.2) is 65.7 Å². The van der Waals surface area contributed by atoms with Gasteiger partial charge in [0, 0.05) is 36.1 Å². The molecule has 0 aliphatic carbocycles. The van der Waals surface area contributed by atoms with Crippen molar-refractivity contribution in [3.63, 3.8) is 0 Å². The molecule has 1 heterocycles. The highest BCUT2D eigenvalue weighted by Gasteiger charge is 2.14. The lowest BCUT2D eigenvalue weighted by atomic mass is 10.2. The Morgan fingerprint density at radius 2 is 1.87 bits per heavy atom. The smallest absolute Gasteiger partial charge is 0.240 e. The van der Waals surface area contributed by atoms with Gasteiger partial charge in [-0.2, -0.15) is 0 Å². The molecule has 0 unspecified atom stereocenters. The molecule has 3 rings (SSSR count). The fourth-order valence-electron chi connectivity index (χ4n) is 2.78. The van der Waals surface area contributed by atoms with E-state index >= 15 is 0 Å². The van der Waals surface area contributed by atoms with Gasteiger partial charge in [0.1, 0.15) is 11.3 Å². The summed E-state index contributed by atoms with van der Waals surface area (Å²) in [6.45, 7) is 0.855. The average Bonchev–Trinajstić information content (AvgIpc) is 2.73. The number of carbonyl (C=O) groups excluding carboxylic acids is 1. The molecule has 0 spiro atoms. The number of nitrogens with zero attached hydrogens (tertiary/aromatic N) is 1. The predicted molar refractivity (Wildman–Crippen MR) is 116 cm³/mol. The van der Waals surface area contributed by atoms with E-state index in [1.54, 1.807) is 18.3 Å². The molecule has 2 N–H and O–H groups in total. The van der Waals surface area contributed by atoms with Gasteiger partial charge in [-0.1, -0.05) is 35.9 Å². The first kappa shape index (κ1) is 22.0. The molecule has 0 aliphatic heterocycles. The summed E-state index contributed by atoms with van der Waals surface area (Å²) in [7, 11) is -3.70. The number of fused-ring (bicyclic) bond motifs is 1. The summed E-state index contributed by atoms with van der Waals surface area (Å²) in [6, 6.07) is 15.5. The predicted octanol–water partition coefficient (Wildman–Crippen LogP) is 3.14. The van der Waals surface area contributed by atoms with Gasteiger partial charge >= 0.3 is 0 Å². The number of pyridine rings is 1. The molecule has 2 aromatic carbocycles. The molecule has 0 saturated heterocycles. The zero-order valence-corrected chi connectivity index (χ0v) is 17.7. The van der Waals surface area contributed by atoms with Crippen LogP contribution in [0.4, 0.5) is 0 Å². The summed E-state index contributed by atoms with van der Waals surface area (Å²) in [4.78, 5) is 16.3. The van der Waals surface area contributed by atoms with Crippen LogP contribution in [0.2, 0.25) is 5.02 Å². The van der Waals surface area contributed by atoms with Crippen LogP contribution in [0.5, 0.6) is 5.75 Å². The topological polar surface area (TPSA) is 97.4 Å². The van der Waals surface area contributed by atoms with E-state index in [-0.39, 0.29) is 23.8 Å². The van der Waals surface area contributed by atoms with Crippen LogP contribution in [0.1, 0.15) is 12.8 Å². The summed E-state index contributed by atoms with van der Waals surface area (Å²) >= 11 is 5.82. The zero-order chi connectivity index (χ0) is 21.4. The normalized spacial score (nSPS) is 11.4. The summed E-state index contributed by atoms with van der Waals surface area (Å²) in [5.74, 6) is 0.463. The van der Waals surface area contributed by atoms with Crippen molar-refractivity contribution in [1.82, 2.24) is 15.0 Å². The number of sulfonamides is 1. The SMILES string of the molecule is O=C(CCNS(=O)(=O)c1cccc(Cl)c1)NCCCOc1cccc2cccnc12. The highest BCUT2D eigenvalue weighted by atomic mass is 35.5. The number of nitrogens with one attached hydrogen (secondary N) is 2. The van der Waals surface area contributed by atoms with Gasteiger partial charge < -0.3 is 10.1 Å². The molecule has 0 atom stereocenters. The molecule has 3 aromatic rings. The van der Waals surface area contributed by atoms with Gasteiger partial charge in [0.25, 0.3) is 0 Å². The summed E-state index contributed by atoms with van der Waals surface area (Å²) in [6.07, 6.45) is 2.37. The van der Waals surface area contributed by atoms with Crippen molar-refractivity contribution in [3.8, 4) is 5.75 Å². The van der Waals surface area contributed by atoms with E-state index in [0.29, 0.717) is 30.3 Å². The van der Waals surface area contributed by atoms with Crippen LogP contribution in [0.25, 0.3) is 10.9 Å². The average molecular weight is 448 g/mol. The van der Waals surface area contributed by atoms with Crippen LogP contribution >= 0.6 is 11.6 Å². The van der Waals surface area contributed by atoms with Crippen LogP contribution in [0, 0.1) is 0 Å². The van der Waals surface area contributed by atoms with Crippen molar-refractivity contribution in [2.24, 2.45) is 0 Å². The quantitative estimate of drug-likeness (QED) is 0.465. The number of rotatable bonds is 10. The Balaban J connectivity index is 1.35. The molecule has 1 aromatic heterocycles. The van der Waals surface area contributed by atoms with Crippen molar-refractivity contribution < 1.29 is 17.9 Å². The third-order valence-corrected chi connectivity index (χ3v) is 5.94. The van der Waals surface area contributed by atoms with Crippen molar-refractivity contribution in [1.29, 1.82) is 0 Å². The maximum Gasteiger partial charge on any atom is 0.240 e. The summed E-state index contributed by atoms with van der Waals surface area (Å²) < 4.78 is 32.5. The van der Waals surface area contributed by atoms with Gasteiger partial charge in [-0.25, -0.2) is 13.1 Å². The third-order valence-electron chi connectivity index (χ3n) is 4.25. The van der Waals surface area contributed by atoms with Gasteiger partial charge in [-0.15, -0.1) is 0 Å². The first-order valence-electron chi connectivity index (χ1n) is 9.44. The van der Waals surface area contributed by atoms with Crippen LogP contribution < -0.4 is 14.8 Å². The Morgan fingerprint density at radius 3 is 2.70 bits per heavy atom. The second kappa shape index (κ2) is 10.4. The number of aromatic nitrogens is 1. The van der Waals surface area contributed by atoms with E-state index in [4.69, 9.17) is 16.3 Å². The Hall–Kier alpha value is -2.68. The molecule has 0 fully saturated rings. The van der Waals surface area contributed by atoms with Crippen molar-refractivity contribution in [2.45, 2.75) is 17.7 Å². The van der Waals surface area contributed by atoms with E-state index in [9.17, 15) is 13.2 Å². The molecule has 7 nitrogen and oxygen atoms in total. The van der Waals surface area contributed by atoms with E-state index < -0.39 is 10.0 Å².